The maximum atomic E-state index is 11.9. The van der Waals surface area contributed by atoms with Crippen LogP contribution in [0.15, 0.2) is 12.1 Å². The van der Waals surface area contributed by atoms with Crippen molar-refractivity contribution in [3.8, 4) is 0 Å². The first-order chi connectivity index (χ1) is 8.97. The summed E-state index contributed by atoms with van der Waals surface area (Å²) in [5, 5.41) is 3.52. The molecule has 0 aliphatic carbocycles. The third kappa shape index (κ3) is 4.84. The second-order valence-electron chi connectivity index (χ2n) is 4.76. The summed E-state index contributed by atoms with van der Waals surface area (Å²) in [6, 6.07) is 3.89. The lowest BCUT2D eigenvalue weighted by Crippen LogP contribution is -2.27. The Hall–Kier alpha value is -1.06. The highest BCUT2D eigenvalue weighted by Crippen LogP contribution is 2.27. The first kappa shape index (κ1) is 16.0. The molecule has 0 saturated carbocycles. The van der Waals surface area contributed by atoms with Crippen molar-refractivity contribution >= 4 is 23.2 Å². The largest absolute Gasteiger partial charge is 0.325 e. The van der Waals surface area contributed by atoms with Gasteiger partial charge in [0.1, 0.15) is 0 Å². The molecule has 0 radical (unpaired) electrons. The number of nitrogens with zero attached hydrogens (tertiary/aromatic N) is 1. The van der Waals surface area contributed by atoms with Gasteiger partial charge in [-0.25, -0.2) is 0 Å². The monoisotopic (exact) mass is 282 g/mol. The predicted molar refractivity (Wildman–Crippen MR) is 82.0 cm³/mol. The molecule has 1 N–H and O–H groups in total. The van der Waals surface area contributed by atoms with Gasteiger partial charge in [0.05, 0.1) is 10.7 Å². The van der Waals surface area contributed by atoms with Crippen molar-refractivity contribution in [1.82, 2.24) is 4.90 Å². The van der Waals surface area contributed by atoms with E-state index in [0.717, 1.165) is 36.4 Å². The molecular weight excluding hydrogens is 260 g/mol. The van der Waals surface area contributed by atoms with Gasteiger partial charge in [0.25, 0.3) is 0 Å². The summed E-state index contributed by atoms with van der Waals surface area (Å²) in [6.07, 6.45) is 0.491. The summed E-state index contributed by atoms with van der Waals surface area (Å²) in [6.45, 7) is 10.9. The molecule has 0 spiro atoms. The van der Waals surface area contributed by atoms with Gasteiger partial charge in [-0.2, -0.15) is 0 Å². The van der Waals surface area contributed by atoms with Crippen molar-refractivity contribution in [2.75, 3.05) is 25.0 Å². The normalized spacial score (nSPS) is 10.8. The zero-order valence-electron chi connectivity index (χ0n) is 12.2. The molecule has 1 amide bonds. The van der Waals surface area contributed by atoms with Crippen LogP contribution in [0.5, 0.6) is 0 Å². The zero-order valence-corrected chi connectivity index (χ0v) is 13.0. The Bertz CT molecular complexity index is 419. The zero-order chi connectivity index (χ0) is 14.4. The highest BCUT2D eigenvalue weighted by atomic mass is 35.5. The van der Waals surface area contributed by atoms with Crippen LogP contribution < -0.4 is 5.32 Å². The predicted octanol–water partition coefficient (Wildman–Crippen LogP) is 3.63. The van der Waals surface area contributed by atoms with Crippen LogP contribution in [0.25, 0.3) is 0 Å². The van der Waals surface area contributed by atoms with Gasteiger partial charge >= 0.3 is 0 Å². The smallest absolute Gasteiger partial charge is 0.225 e. The Balaban J connectivity index is 2.62. The van der Waals surface area contributed by atoms with E-state index in [1.807, 2.05) is 26.0 Å². The number of anilines is 1. The molecule has 1 aromatic rings. The lowest BCUT2D eigenvalue weighted by molar-refractivity contribution is -0.116. The molecule has 19 heavy (non-hydrogen) atoms. The van der Waals surface area contributed by atoms with Crippen molar-refractivity contribution in [2.45, 2.75) is 34.1 Å². The molecular formula is C15H23ClN2O. The van der Waals surface area contributed by atoms with Crippen LogP contribution in [0.3, 0.4) is 0 Å². The number of carbonyl (C=O) groups excluding carboxylic acids is 1. The summed E-state index contributed by atoms with van der Waals surface area (Å²) in [4.78, 5) is 14.2. The third-order valence-electron chi connectivity index (χ3n) is 3.25. The van der Waals surface area contributed by atoms with Crippen LogP contribution in [-0.2, 0) is 4.79 Å². The van der Waals surface area contributed by atoms with E-state index in [1.165, 1.54) is 0 Å². The lowest BCUT2D eigenvalue weighted by atomic mass is 10.1. The molecule has 0 fully saturated rings. The molecule has 1 aromatic carbocycles. The van der Waals surface area contributed by atoms with Crippen LogP contribution in [0.4, 0.5) is 5.69 Å². The number of hydrogen-bond donors (Lipinski definition) is 1. The molecule has 0 unspecified atom stereocenters. The molecule has 3 nitrogen and oxygen atoms in total. The SMILES string of the molecule is CCN(CC)CCC(=O)Nc1c(C)cc(C)cc1Cl. The Morgan fingerprint density at radius 1 is 1.26 bits per heavy atom. The summed E-state index contributed by atoms with van der Waals surface area (Å²) in [5.74, 6) is 0.0146. The maximum absolute atomic E-state index is 11.9. The fourth-order valence-electron chi connectivity index (χ4n) is 2.08. The van der Waals surface area contributed by atoms with E-state index >= 15 is 0 Å². The average molecular weight is 283 g/mol. The summed E-state index contributed by atoms with van der Waals surface area (Å²) in [5.41, 5.74) is 2.83. The highest BCUT2D eigenvalue weighted by molar-refractivity contribution is 6.34. The second-order valence-corrected chi connectivity index (χ2v) is 5.17. The molecule has 106 valence electrons. The van der Waals surface area contributed by atoms with Crippen molar-refractivity contribution < 1.29 is 4.79 Å². The van der Waals surface area contributed by atoms with Gasteiger partial charge in [-0.3, -0.25) is 4.79 Å². The van der Waals surface area contributed by atoms with Gasteiger partial charge in [0, 0.05) is 13.0 Å². The number of nitrogens with one attached hydrogen (secondary N) is 1. The molecule has 0 aliphatic heterocycles. The van der Waals surface area contributed by atoms with E-state index in [2.05, 4.69) is 24.1 Å². The number of carbonyl (C=O) groups is 1. The summed E-state index contributed by atoms with van der Waals surface area (Å²) < 4.78 is 0. The third-order valence-corrected chi connectivity index (χ3v) is 3.54. The molecule has 0 aliphatic rings. The van der Waals surface area contributed by atoms with E-state index in [-0.39, 0.29) is 5.91 Å². The first-order valence-corrected chi connectivity index (χ1v) is 7.14. The standard InChI is InChI=1S/C15H23ClN2O/c1-5-18(6-2)8-7-14(19)17-15-12(4)9-11(3)10-13(15)16/h9-10H,5-8H2,1-4H3,(H,17,19). The quantitative estimate of drug-likeness (QED) is 0.864. The number of benzene rings is 1. The van der Waals surface area contributed by atoms with Crippen LogP contribution >= 0.6 is 11.6 Å². The Labute approximate surface area is 120 Å². The van der Waals surface area contributed by atoms with Crippen molar-refractivity contribution in [2.24, 2.45) is 0 Å². The molecule has 0 heterocycles. The van der Waals surface area contributed by atoms with Gasteiger partial charge < -0.3 is 10.2 Å². The Kier molecular flexibility index (Phi) is 6.32. The average Bonchev–Trinajstić information content (AvgIpc) is 2.35. The minimum atomic E-state index is 0.0146. The molecule has 0 saturated heterocycles. The van der Waals surface area contributed by atoms with E-state index < -0.39 is 0 Å². The minimum absolute atomic E-state index is 0.0146. The van der Waals surface area contributed by atoms with E-state index in [1.54, 1.807) is 0 Å². The Morgan fingerprint density at radius 3 is 2.42 bits per heavy atom. The maximum Gasteiger partial charge on any atom is 0.225 e. The first-order valence-electron chi connectivity index (χ1n) is 6.76. The van der Waals surface area contributed by atoms with Crippen LogP contribution in [0.1, 0.15) is 31.4 Å². The van der Waals surface area contributed by atoms with Gasteiger partial charge in [0.15, 0.2) is 0 Å². The lowest BCUT2D eigenvalue weighted by Gasteiger charge is -2.18. The highest BCUT2D eigenvalue weighted by Gasteiger charge is 2.10. The summed E-state index contributed by atoms with van der Waals surface area (Å²) in [7, 11) is 0. The fraction of sp³-hybridized carbons (Fsp3) is 0.533. The van der Waals surface area contributed by atoms with Gasteiger partial charge in [-0.1, -0.05) is 31.5 Å². The van der Waals surface area contributed by atoms with Crippen LogP contribution in [0, 0.1) is 13.8 Å². The van der Waals surface area contributed by atoms with Gasteiger partial charge in [-0.15, -0.1) is 0 Å². The molecule has 0 atom stereocenters. The van der Waals surface area contributed by atoms with E-state index in [4.69, 9.17) is 11.6 Å². The number of halogens is 1. The Morgan fingerprint density at radius 2 is 1.89 bits per heavy atom. The topological polar surface area (TPSA) is 32.3 Å². The molecule has 1 rings (SSSR count). The number of aryl methyl sites for hydroxylation is 2. The second kappa shape index (κ2) is 7.51. The minimum Gasteiger partial charge on any atom is -0.325 e. The van der Waals surface area contributed by atoms with Gasteiger partial charge in [0.2, 0.25) is 5.91 Å². The van der Waals surface area contributed by atoms with Crippen molar-refractivity contribution in [3.05, 3.63) is 28.3 Å². The van der Waals surface area contributed by atoms with Gasteiger partial charge in [-0.05, 0) is 44.1 Å². The van der Waals surface area contributed by atoms with Crippen LogP contribution in [0.2, 0.25) is 5.02 Å². The fourth-order valence-corrected chi connectivity index (χ4v) is 2.44. The molecule has 0 bridgehead atoms. The van der Waals surface area contributed by atoms with E-state index in [9.17, 15) is 4.79 Å². The summed E-state index contributed by atoms with van der Waals surface area (Å²) >= 11 is 6.17. The number of hydrogen-bond acceptors (Lipinski definition) is 2. The molecule has 0 aromatic heterocycles. The van der Waals surface area contributed by atoms with Crippen LogP contribution in [-0.4, -0.2) is 30.4 Å². The van der Waals surface area contributed by atoms with E-state index in [0.29, 0.717) is 11.4 Å². The molecule has 4 heteroatoms. The van der Waals surface area contributed by atoms with Crippen molar-refractivity contribution in [3.63, 3.8) is 0 Å². The number of amides is 1. The number of rotatable bonds is 6. The van der Waals surface area contributed by atoms with Crippen molar-refractivity contribution in [1.29, 1.82) is 0 Å².